The molecule has 4 rings (SSSR count). The fourth-order valence-corrected chi connectivity index (χ4v) is 3.25. The van der Waals surface area contributed by atoms with Crippen LogP contribution in [0.4, 0.5) is 0 Å². The summed E-state index contributed by atoms with van der Waals surface area (Å²) in [6, 6.07) is 15.5. The maximum atomic E-state index is 12.9. The lowest BCUT2D eigenvalue weighted by atomic mass is 9.80. The number of benzene rings is 2. The first-order valence-electron chi connectivity index (χ1n) is 7.97. The molecule has 1 saturated heterocycles. The molecule has 0 aliphatic carbocycles. The van der Waals surface area contributed by atoms with Crippen LogP contribution >= 0.6 is 0 Å². The molecule has 0 N–H and O–H groups in total. The van der Waals surface area contributed by atoms with E-state index in [1.165, 1.54) is 12.1 Å². The van der Waals surface area contributed by atoms with Crippen LogP contribution in [0.2, 0.25) is 0 Å². The van der Waals surface area contributed by atoms with Gasteiger partial charge in [0.05, 0.1) is 17.7 Å². The normalized spacial score (nSPS) is 22.2. The van der Waals surface area contributed by atoms with Gasteiger partial charge in [-0.1, -0.05) is 47.5 Å². The van der Waals surface area contributed by atoms with Gasteiger partial charge in [0, 0.05) is 6.61 Å². The number of nitrogens with zero attached hydrogens (tertiary/aromatic N) is 1. The molecule has 0 aromatic heterocycles. The number of rotatable bonds is 3. The van der Waals surface area contributed by atoms with E-state index in [4.69, 9.17) is 9.57 Å². The topological polar surface area (TPSA) is 72.9 Å². The quantitative estimate of drug-likeness (QED) is 0.802. The molecule has 6 nitrogen and oxygen atoms in total. The lowest BCUT2D eigenvalue weighted by Crippen LogP contribution is -2.43. The van der Waals surface area contributed by atoms with Gasteiger partial charge in [0.2, 0.25) is 0 Å². The van der Waals surface area contributed by atoms with Crippen LogP contribution < -0.4 is 0 Å². The Kier molecular flexibility index (Phi) is 3.62. The molecule has 0 radical (unpaired) electrons. The van der Waals surface area contributed by atoms with E-state index in [1.54, 1.807) is 12.1 Å². The third kappa shape index (κ3) is 2.34. The Bertz CT molecular complexity index is 820. The number of hydroxylamine groups is 2. The van der Waals surface area contributed by atoms with Gasteiger partial charge in [-0.3, -0.25) is 9.59 Å². The van der Waals surface area contributed by atoms with Gasteiger partial charge in [-0.2, -0.15) is 0 Å². The average Bonchev–Trinajstić information content (AvgIpc) is 3.24. The van der Waals surface area contributed by atoms with E-state index in [-0.39, 0.29) is 17.7 Å². The minimum Gasteiger partial charge on any atom is -0.380 e. The van der Waals surface area contributed by atoms with E-state index < -0.39 is 23.2 Å². The molecule has 2 aliphatic rings. The number of carbonyl (C=O) groups excluding carboxylic acids is 3. The van der Waals surface area contributed by atoms with Crippen molar-refractivity contribution >= 4 is 17.8 Å². The molecule has 0 saturated carbocycles. The molecule has 1 unspecified atom stereocenters. The minimum atomic E-state index is -1.02. The van der Waals surface area contributed by atoms with Gasteiger partial charge in [0.25, 0.3) is 11.8 Å². The Balaban J connectivity index is 1.64. The third-order valence-electron chi connectivity index (χ3n) is 4.67. The lowest BCUT2D eigenvalue weighted by Gasteiger charge is -2.26. The lowest BCUT2D eigenvalue weighted by molar-refractivity contribution is -0.176. The van der Waals surface area contributed by atoms with Gasteiger partial charge in [-0.25, -0.2) is 4.79 Å². The first-order chi connectivity index (χ1) is 12.1. The Morgan fingerprint density at radius 2 is 1.56 bits per heavy atom. The van der Waals surface area contributed by atoms with Crippen LogP contribution in [0.5, 0.6) is 0 Å². The van der Waals surface area contributed by atoms with Crippen molar-refractivity contribution in [3.8, 4) is 0 Å². The molecule has 1 atom stereocenters. The maximum Gasteiger partial charge on any atom is 0.346 e. The van der Waals surface area contributed by atoms with Crippen LogP contribution in [0.1, 0.15) is 32.7 Å². The zero-order chi connectivity index (χ0) is 17.4. The van der Waals surface area contributed by atoms with Gasteiger partial charge in [-0.15, -0.1) is 0 Å². The number of imide groups is 1. The predicted molar refractivity (Wildman–Crippen MR) is 86.6 cm³/mol. The van der Waals surface area contributed by atoms with Crippen molar-refractivity contribution in [1.82, 2.24) is 5.06 Å². The van der Waals surface area contributed by atoms with Gasteiger partial charge in [0.1, 0.15) is 5.41 Å². The Morgan fingerprint density at radius 1 is 0.960 bits per heavy atom. The van der Waals surface area contributed by atoms with Crippen LogP contribution in [0.25, 0.3) is 0 Å². The summed E-state index contributed by atoms with van der Waals surface area (Å²) in [5.74, 6) is -1.92. The number of amides is 2. The van der Waals surface area contributed by atoms with E-state index in [0.717, 1.165) is 5.56 Å². The summed E-state index contributed by atoms with van der Waals surface area (Å²) >= 11 is 0. The van der Waals surface area contributed by atoms with Crippen molar-refractivity contribution in [2.75, 3.05) is 13.2 Å². The highest BCUT2D eigenvalue weighted by atomic mass is 16.7. The van der Waals surface area contributed by atoms with Crippen molar-refractivity contribution < 1.29 is 24.0 Å². The van der Waals surface area contributed by atoms with Crippen molar-refractivity contribution in [2.45, 2.75) is 11.8 Å². The Hall–Kier alpha value is -2.99. The molecule has 1 fully saturated rings. The summed E-state index contributed by atoms with van der Waals surface area (Å²) in [5.41, 5.74) is 0.193. The summed E-state index contributed by atoms with van der Waals surface area (Å²) in [4.78, 5) is 43.0. The monoisotopic (exact) mass is 337 g/mol. The number of hydrogen-bond acceptors (Lipinski definition) is 5. The first-order valence-corrected chi connectivity index (χ1v) is 7.97. The summed E-state index contributed by atoms with van der Waals surface area (Å²) in [6.07, 6.45) is 0.430. The summed E-state index contributed by atoms with van der Waals surface area (Å²) in [6.45, 7) is 0.561. The van der Waals surface area contributed by atoms with Crippen LogP contribution in [0, 0.1) is 0 Å². The maximum absolute atomic E-state index is 12.9. The number of carbonyl (C=O) groups is 3. The minimum absolute atomic E-state index is 0.152. The fraction of sp³-hybridized carbons (Fsp3) is 0.211. The second-order valence-electron chi connectivity index (χ2n) is 6.08. The molecule has 2 amide bonds. The SMILES string of the molecule is O=C1c2ccccc2C(=O)N1OC(=O)C1(c2ccccc2)CCOC1. The standard InChI is InChI=1S/C19H15NO5/c21-16-14-8-4-5-9-15(14)17(22)20(16)25-18(23)19(10-11-24-12-19)13-6-2-1-3-7-13/h1-9H,10-12H2. The molecule has 25 heavy (non-hydrogen) atoms. The van der Waals surface area contributed by atoms with E-state index in [2.05, 4.69) is 0 Å². The Morgan fingerprint density at radius 3 is 2.12 bits per heavy atom. The van der Waals surface area contributed by atoms with Crippen LogP contribution in [-0.4, -0.2) is 36.1 Å². The third-order valence-corrected chi connectivity index (χ3v) is 4.67. The molecule has 6 heteroatoms. The molecule has 126 valence electrons. The molecule has 2 heterocycles. The van der Waals surface area contributed by atoms with E-state index >= 15 is 0 Å². The van der Waals surface area contributed by atoms with Gasteiger partial charge in [0.15, 0.2) is 0 Å². The summed E-state index contributed by atoms with van der Waals surface area (Å²) in [7, 11) is 0. The van der Waals surface area contributed by atoms with Gasteiger partial charge in [-0.05, 0) is 24.1 Å². The number of ether oxygens (including phenoxy) is 1. The highest BCUT2D eigenvalue weighted by Crippen LogP contribution is 2.35. The highest BCUT2D eigenvalue weighted by Gasteiger charge is 2.49. The van der Waals surface area contributed by atoms with Crippen LogP contribution in [0.15, 0.2) is 54.6 Å². The Labute approximate surface area is 143 Å². The number of hydrogen-bond donors (Lipinski definition) is 0. The molecule has 2 aliphatic heterocycles. The summed E-state index contributed by atoms with van der Waals surface area (Å²) in [5, 5.41) is 0.552. The second kappa shape index (κ2) is 5.82. The molecular formula is C19H15NO5. The van der Waals surface area contributed by atoms with Crippen molar-refractivity contribution in [3.05, 3.63) is 71.3 Å². The van der Waals surface area contributed by atoms with Crippen LogP contribution in [0.3, 0.4) is 0 Å². The average molecular weight is 337 g/mol. The molecule has 2 aromatic rings. The molecule has 0 bridgehead atoms. The van der Waals surface area contributed by atoms with Crippen molar-refractivity contribution in [1.29, 1.82) is 0 Å². The van der Waals surface area contributed by atoms with E-state index in [9.17, 15) is 14.4 Å². The van der Waals surface area contributed by atoms with Gasteiger partial charge >= 0.3 is 5.97 Å². The molecule has 2 aromatic carbocycles. The van der Waals surface area contributed by atoms with Crippen molar-refractivity contribution in [2.24, 2.45) is 0 Å². The molecular weight excluding hydrogens is 322 g/mol. The van der Waals surface area contributed by atoms with Gasteiger partial charge < -0.3 is 9.57 Å². The van der Waals surface area contributed by atoms with E-state index in [1.807, 2.05) is 30.3 Å². The zero-order valence-corrected chi connectivity index (χ0v) is 13.3. The highest BCUT2D eigenvalue weighted by molar-refractivity contribution is 6.21. The smallest absolute Gasteiger partial charge is 0.346 e. The predicted octanol–water partition coefficient (Wildman–Crippen LogP) is 2.10. The van der Waals surface area contributed by atoms with E-state index in [0.29, 0.717) is 18.1 Å². The fourth-order valence-electron chi connectivity index (χ4n) is 3.25. The van der Waals surface area contributed by atoms with Crippen LogP contribution in [-0.2, 0) is 19.8 Å². The zero-order valence-electron chi connectivity index (χ0n) is 13.3. The second-order valence-corrected chi connectivity index (χ2v) is 6.08. The molecule has 0 spiro atoms. The largest absolute Gasteiger partial charge is 0.380 e. The summed E-state index contributed by atoms with van der Waals surface area (Å²) < 4.78 is 5.43. The first kappa shape index (κ1) is 15.5. The van der Waals surface area contributed by atoms with Crippen molar-refractivity contribution in [3.63, 3.8) is 0 Å². The number of fused-ring (bicyclic) bond motifs is 1.